The normalized spacial score (nSPS) is 11.8. The van der Waals surface area contributed by atoms with Crippen molar-refractivity contribution < 1.29 is 23.1 Å². The zero-order chi connectivity index (χ0) is 12.2. The summed E-state index contributed by atoms with van der Waals surface area (Å²) in [6.07, 6.45) is -4.03. The number of aliphatic imine (C=N–C) groups is 1. The summed E-state index contributed by atoms with van der Waals surface area (Å²) in [5.41, 5.74) is 1.44. The van der Waals surface area contributed by atoms with Gasteiger partial charge in [-0.1, -0.05) is 11.6 Å². The number of nitrogens with zero attached hydrogens (tertiary/aromatic N) is 1. The van der Waals surface area contributed by atoms with Gasteiger partial charge in [0.15, 0.2) is 5.75 Å². The number of ether oxygens (including phenoxy) is 1. The fraction of sp³-hybridized carbons (Fsp3) is 0.125. The van der Waals surface area contributed by atoms with Crippen LogP contribution in [0.15, 0.2) is 23.2 Å². The van der Waals surface area contributed by atoms with Crippen molar-refractivity contribution in [3.8, 4) is 5.75 Å². The summed E-state index contributed by atoms with van der Waals surface area (Å²) in [6.45, 7) is 0. The molecular weight excluding hydrogens is 249 g/mol. The minimum absolute atomic E-state index is 0.0788. The molecule has 0 aromatic heterocycles. The Morgan fingerprint density at radius 3 is 2.69 bits per heavy atom. The van der Waals surface area contributed by atoms with E-state index in [-0.39, 0.29) is 10.7 Å². The van der Waals surface area contributed by atoms with E-state index in [1.165, 1.54) is 12.1 Å². The van der Waals surface area contributed by atoms with Gasteiger partial charge in [0.25, 0.3) is 0 Å². The maximum atomic E-state index is 12.0. The highest BCUT2D eigenvalue weighted by Crippen LogP contribution is 2.34. The molecule has 0 amide bonds. The average molecular weight is 255 g/mol. The lowest BCUT2D eigenvalue weighted by Crippen LogP contribution is -2.17. The molecule has 0 saturated carbocycles. The largest absolute Gasteiger partial charge is 0.573 e. The summed E-state index contributed by atoms with van der Waals surface area (Å²) in [7, 11) is 0. The highest BCUT2D eigenvalue weighted by molar-refractivity contribution is 6.30. The van der Waals surface area contributed by atoms with Gasteiger partial charge in [0, 0.05) is 11.1 Å². The molecule has 0 aliphatic heterocycles. The predicted octanol–water partition coefficient (Wildman–Crippen LogP) is 2.88. The lowest BCUT2D eigenvalue weighted by Gasteiger charge is -2.10. The van der Waals surface area contributed by atoms with Crippen molar-refractivity contribution in [1.82, 2.24) is 5.48 Å². The third-order valence-electron chi connectivity index (χ3n) is 1.41. The average Bonchev–Trinajstić information content (AvgIpc) is 2.14. The number of hydrogen-bond acceptors (Lipinski definition) is 3. The van der Waals surface area contributed by atoms with Gasteiger partial charge in [0.05, 0.1) is 0 Å². The van der Waals surface area contributed by atoms with Crippen molar-refractivity contribution in [3.63, 3.8) is 0 Å². The molecule has 0 radical (unpaired) electrons. The maximum absolute atomic E-state index is 12.0. The van der Waals surface area contributed by atoms with Gasteiger partial charge >= 0.3 is 6.36 Å². The zero-order valence-electron chi connectivity index (χ0n) is 7.62. The quantitative estimate of drug-likeness (QED) is 0.495. The van der Waals surface area contributed by atoms with Crippen molar-refractivity contribution in [2.75, 3.05) is 0 Å². The third kappa shape index (κ3) is 3.95. The van der Waals surface area contributed by atoms with E-state index in [9.17, 15) is 13.2 Å². The first-order valence-corrected chi connectivity index (χ1v) is 4.27. The highest BCUT2D eigenvalue weighted by atomic mass is 35.5. The van der Waals surface area contributed by atoms with E-state index >= 15 is 0 Å². The topological polar surface area (TPSA) is 53.8 Å². The third-order valence-corrected chi connectivity index (χ3v) is 1.64. The Labute approximate surface area is 93.3 Å². The Hall–Kier alpha value is -1.47. The van der Waals surface area contributed by atoms with Crippen LogP contribution < -0.4 is 10.2 Å². The fourth-order valence-corrected chi connectivity index (χ4v) is 1.06. The molecule has 0 aliphatic carbocycles. The fourth-order valence-electron chi connectivity index (χ4n) is 0.899. The Balaban J connectivity index is 3.03. The standard InChI is InChI=1S/C8H6ClF3N2O2/c9-5-1-2-6(13-4-14-15)7(3-5)16-8(10,11)12/h1-4,15H,(H,13,14). The van der Waals surface area contributed by atoms with Crippen molar-refractivity contribution >= 4 is 23.6 Å². The van der Waals surface area contributed by atoms with Crippen LogP contribution >= 0.6 is 11.6 Å². The first-order valence-electron chi connectivity index (χ1n) is 3.90. The van der Waals surface area contributed by atoms with Crippen LogP contribution in [0, 0.1) is 0 Å². The van der Waals surface area contributed by atoms with Crippen LogP contribution in [-0.2, 0) is 0 Å². The second-order valence-electron chi connectivity index (χ2n) is 2.55. The summed E-state index contributed by atoms with van der Waals surface area (Å²) in [5.74, 6) is -0.550. The summed E-state index contributed by atoms with van der Waals surface area (Å²) < 4.78 is 39.7. The van der Waals surface area contributed by atoms with Gasteiger partial charge in [-0.15, -0.1) is 13.2 Å². The molecule has 2 N–H and O–H groups in total. The number of hydrogen-bond donors (Lipinski definition) is 2. The van der Waals surface area contributed by atoms with Crippen LogP contribution in [0.5, 0.6) is 5.75 Å². The minimum atomic E-state index is -4.83. The summed E-state index contributed by atoms with van der Waals surface area (Å²) in [6, 6.07) is 3.53. The predicted molar refractivity (Wildman–Crippen MR) is 51.2 cm³/mol. The molecule has 4 nitrogen and oxygen atoms in total. The molecule has 8 heteroatoms. The van der Waals surface area contributed by atoms with Crippen molar-refractivity contribution in [3.05, 3.63) is 23.2 Å². The molecule has 0 spiro atoms. The molecule has 88 valence electrons. The van der Waals surface area contributed by atoms with E-state index in [0.29, 0.717) is 0 Å². The molecule has 0 bridgehead atoms. The summed E-state index contributed by atoms with van der Waals surface area (Å²) in [4.78, 5) is 3.48. The van der Waals surface area contributed by atoms with Crippen LogP contribution in [0.3, 0.4) is 0 Å². The Bertz CT molecular complexity index is 395. The lowest BCUT2D eigenvalue weighted by molar-refractivity contribution is -0.274. The molecular formula is C8H6ClF3N2O2. The summed E-state index contributed by atoms with van der Waals surface area (Å²) >= 11 is 5.52. The molecule has 0 heterocycles. The zero-order valence-corrected chi connectivity index (χ0v) is 8.38. The maximum Gasteiger partial charge on any atom is 0.573 e. The SMILES string of the molecule is ONC=Nc1ccc(Cl)cc1OC(F)(F)F. The van der Waals surface area contributed by atoms with E-state index in [0.717, 1.165) is 12.4 Å². The van der Waals surface area contributed by atoms with E-state index in [2.05, 4.69) is 9.73 Å². The van der Waals surface area contributed by atoms with E-state index in [1.54, 1.807) is 5.48 Å². The van der Waals surface area contributed by atoms with E-state index < -0.39 is 12.1 Å². The molecule has 0 saturated heterocycles. The van der Waals surface area contributed by atoms with Crippen molar-refractivity contribution in [2.24, 2.45) is 4.99 Å². The number of rotatable bonds is 3. The number of alkyl halides is 3. The molecule has 0 fully saturated rings. The first kappa shape index (κ1) is 12.6. The van der Waals surface area contributed by atoms with Crippen LogP contribution in [0.1, 0.15) is 0 Å². The van der Waals surface area contributed by atoms with Crippen molar-refractivity contribution in [1.29, 1.82) is 0 Å². The van der Waals surface area contributed by atoms with Gasteiger partial charge in [-0.05, 0) is 12.1 Å². The molecule has 1 aromatic carbocycles. The Kier molecular flexibility index (Phi) is 3.97. The van der Waals surface area contributed by atoms with Crippen LogP contribution in [-0.4, -0.2) is 17.9 Å². The van der Waals surface area contributed by atoms with Gasteiger partial charge in [-0.25, -0.2) is 4.99 Å². The molecule has 0 atom stereocenters. The van der Waals surface area contributed by atoms with Gasteiger partial charge in [-0.3, -0.25) is 10.7 Å². The second kappa shape index (κ2) is 5.04. The molecule has 1 rings (SSSR count). The monoisotopic (exact) mass is 254 g/mol. The van der Waals surface area contributed by atoms with Gasteiger partial charge in [0.2, 0.25) is 0 Å². The Morgan fingerprint density at radius 1 is 1.44 bits per heavy atom. The highest BCUT2D eigenvalue weighted by Gasteiger charge is 2.32. The van der Waals surface area contributed by atoms with Crippen molar-refractivity contribution in [2.45, 2.75) is 6.36 Å². The molecule has 0 unspecified atom stereocenters. The lowest BCUT2D eigenvalue weighted by atomic mass is 10.3. The number of halogens is 4. The van der Waals surface area contributed by atoms with Gasteiger partial charge < -0.3 is 4.74 Å². The molecule has 1 aromatic rings. The van der Waals surface area contributed by atoms with Crippen LogP contribution in [0.25, 0.3) is 0 Å². The Morgan fingerprint density at radius 2 is 2.12 bits per heavy atom. The summed E-state index contributed by atoms with van der Waals surface area (Å²) in [5, 5.41) is 8.30. The van der Waals surface area contributed by atoms with Gasteiger partial charge in [0.1, 0.15) is 12.0 Å². The number of benzene rings is 1. The number of nitrogens with one attached hydrogen (secondary N) is 1. The van der Waals surface area contributed by atoms with Gasteiger partial charge in [-0.2, -0.15) is 0 Å². The molecule has 0 aliphatic rings. The van der Waals surface area contributed by atoms with Crippen LogP contribution in [0.2, 0.25) is 5.02 Å². The smallest absolute Gasteiger partial charge is 0.403 e. The van der Waals surface area contributed by atoms with Crippen LogP contribution in [0.4, 0.5) is 18.9 Å². The molecule has 16 heavy (non-hydrogen) atoms. The second-order valence-corrected chi connectivity index (χ2v) is 2.98. The first-order chi connectivity index (χ1) is 7.42. The number of hydroxylamine groups is 1. The van der Waals surface area contributed by atoms with E-state index in [1.807, 2.05) is 0 Å². The minimum Gasteiger partial charge on any atom is -0.403 e. The van der Waals surface area contributed by atoms with E-state index in [4.69, 9.17) is 16.8 Å².